The van der Waals surface area contributed by atoms with Gasteiger partial charge in [-0.25, -0.2) is 0 Å². The van der Waals surface area contributed by atoms with Crippen LogP contribution in [0.3, 0.4) is 0 Å². The molecule has 1 saturated heterocycles. The van der Waals surface area contributed by atoms with Crippen LogP contribution in [0.2, 0.25) is 0 Å². The topological polar surface area (TPSA) is 99.8 Å². The molecule has 3 N–H and O–H groups in total. The number of benzene rings is 2. The van der Waals surface area contributed by atoms with Crippen molar-refractivity contribution in [1.82, 2.24) is 20.9 Å². The summed E-state index contributed by atoms with van der Waals surface area (Å²) in [5.41, 5.74) is 1.96. The molecule has 8 nitrogen and oxygen atoms in total. The Hall–Kier alpha value is -2.88. The quantitative estimate of drug-likeness (QED) is 0.234. The van der Waals surface area contributed by atoms with Gasteiger partial charge in [0.1, 0.15) is 12.3 Å². The predicted molar refractivity (Wildman–Crippen MR) is 167 cm³/mol. The van der Waals surface area contributed by atoms with E-state index in [-0.39, 0.29) is 36.0 Å². The molecule has 1 fully saturated rings. The number of amides is 3. The number of hydrogen-bond acceptors (Lipinski definition) is 6. The third-order valence-electron chi connectivity index (χ3n) is 8.49. The van der Waals surface area contributed by atoms with Crippen molar-refractivity contribution in [3.63, 3.8) is 0 Å². The Balaban J connectivity index is 1.48. The van der Waals surface area contributed by atoms with Crippen LogP contribution in [0, 0.1) is 5.41 Å². The number of aryl methyl sites for hydroxylation is 1. The second kappa shape index (κ2) is 14.5. The van der Waals surface area contributed by atoms with Gasteiger partial charge >= 0.3 is 0 Å². The molecule has 2 aromatic carbocycles. The highest BCUT2D eigenvalue weighted by atomic mass is 32.2. The van der Waals surface area contributed by atoms with Gasteiger partial charge in [-0.15, -0.1) is 11.8 Å². The maximum Gasteiger partial charge on any atom is 0.243 e. The summed E-state index contributed by atoms with van der Waals surface area (Å²) in [7, 11) is 1.76. The largest absolute Gasteiger partial charge is 0.354 e. The smallest absolute Gasteiger partial charge is 0.243 e. The Morgan fingerprint density at radius 2 is 1.83 bits per heavy atom. The Labute approximate surface area is 254 Å². The van der Waals surface area contributed by atoms with E-state index in [1.807, 2.05) is 58.0 Å². The Morgan fingerprint density at radius 1 is 1.12 bits per heavy atom. The van der Waals surface area contributed by atoms with Gasteiger partial charge in [0.05, 0.1) is 18.2 Å². The summed E-state index contributed by atoms with van der Waals surface area (Å²) >= 11 is 1.68. The Bertz CT molecular complexity index is 1210. The standard InChI is InChI=1S/C33H46N4O4S/c1-22(35-31(39)23(2)34-5)18-25(20-42-26-14-7-6-8-15-26)41-29-19-33(3,4)30(37(29)21-38)32(40)36-28-17-11-13-24-12-9-10-16-27(24)28/h6-10,12,14-16,21-23,25,28-30,34H,11,13,17-20H2,1-5H3,(H,35,39)(H,36,40). The van der Waals surface area contributed by atoms with Crippen LogP contribution in [-0.2, 0) is 25.5 Å². The molecule has 228 valence electrons. The van der Waals surface area contributed by atoms with Gasteiger partial charge in [-0.2, -0.15) is 0 Å². The zero-order valence-electron chi connectivity index (χ0n) is 25.5. The molecule has 42 heavy (non-hydrogen) atoms. The lowest BCUT2D eigenvalue weighted by Crippen LogP contribution is -2.51. The maximum absolute atomic E-state index is 13.8. The number of fused-ring (bicyclic) bond motifs is 1. The molecule has 3 amide bonds. The van der Waals surface area contributed by atoms with Crippen molar-refractivity contribution < 1.29 is 19.1 Å². The van der Waals surface area contributed by atoms with E-state index in [1.54, 1.807) is 23.7 Å². The van der Waals surface area contributed by atoms with Crippen molar-refractivity contribution in [2.24, 2.45) is 5.41 Å². The van der Waals surface area contributed by atoms with Crippen molar-refractivity contribution in [1.29, 1.82) is 0 Å². The average molecular weight is 595 g/mol. The highest BCUT2D eigenvalue weighted by Crippen LogP contribution is 2.42. The molecule has 0 spiro atoms. The van der Waals surface area contributed by atoms with Crippen molar-refractivity contribution in [3.8, 4) is 0 Å². The molecule has 0 bridgehead atoms. The highest BCUT2D eigenvalue weighted by Gasteiger charge is 2.51. The third-order valence-corrected chi connectivity index (χ3v) is 9.63. The number of likely N-dealkylation sites (tertiary alicyclic amines) is 1. The Kier molecular flexibility index (Phi) is 11.1. The number of carbonyl (C=O) groups is 3. The molecule has 4 rings (SSSR count). The van der Waals surface area contributed by atoms with Crippen LogP contribution in [0.5, 0.6) is 0 Å². The van der Waals surface area contributed by atoms with Crippen LogP contribution in [0.15, 0.2) is 59.5 Å². The number of hydrogen-bond donors (Lipinski definition) is 3. The fourth-order valence-electron chi connectivity index (χ4n) is 6.17. The minimum absolute atomic E-state index is 0.0637. The van der Waals surface area contributed by atoms with Gasteiger partial charge in [-0.3, -0.25) is 14.4 Å². The van der Waals surface area contributed by atoms with Crippen molar-refractivity contribution in [2.45, 2.75) is 101 Å². The number of nitrogens with one attached hydrogen (secondary N) is 3. The summed E-state index contributed by atoms with van der Waals surface area (Å²) in [6.45, 7) is 7.85. The van der Waals surface area contributed by atoms with Gasteiger partial charge in [0.15, 0.2) is 0 Å². The van der Waals surface area contributed by atoms with Crippen LogP contribution in [0.1, 0.15) is 70.5 Å². The average Bonchev–Trinajstić information content (AvgIpc) is 3.24. The van der Waals surface area contributed by atoms with Crippen LogP contribution in [0.4, 0.5) is 0 Å². The molecular formula is C33H46N4O4S. The molecule has 6 unspecified atom stereocenters. The molecule has 2 aliphatic rings. The number of ether oxygens (including phenoxy) is 1. The lowest BCUT2D eigenvalue weighted by atomic mass is 9.83. The molecule has 0 aromatic heterocycles. The SMILES string of the molecule is CNC(C)C(=O)NC(C)CC(CSc1ccccc1)OC1CC(C)(C)C(C(=O)NC2CCCc3ccccc32)N1C=O. The van der Waals surface area contributed by atoms with Crippen LogP contribution in [0.25, 0.3) is 0 Å². The summed E-state index contributed by atoms with van der Waals surface area (Å²) in [6.07, 6.45) is 3.98. The normalized spacial score (nSPS) is 23.4. The minimum atomic E-state index is -0.648. The number of carbonyl (C=O) groups excluding carboxylic acids is 3. The van der Waals surface area contributed by atoms with Gasteiger partial charge in [-0.1, -0.05) is 56.3 Å². The fourth-order valence-corrected chi connectivity index (χ4v) is 7.11. The second-order valence-electron chi connectivity index (χ2n) is 12.3. The van der Waals surface area contributed by atoms with E-state index in [9.17, 15) is 14.4 Å². The Morgan fingerprint density at radius 3 is 2.55 bits per heavy atom. The van der Waals surface area contributed by atoms with Crippen LogP contribution in [-0.4, -0.2) is 66.4 Å². The van der Waals surface area contributed by atoms with Gasteiger partial charge in [0.25, 0.3) is 0 Å². The molecule has 0 radical (unpaired) electrons. The molecule has 1 aliphatic heterocycles. The maximum atomic E-state index is 13.8. The first-order chi connectivity index (χ1) is 20.1. The van der Waals surface area contributed by atoms with Gasteiger partial charge < -0.3 is 25.6 Å². The van der Waals surface area contributed by atoms with Gasteiger partial charge in [0.2, 0.25) is 18.2 Å². The lowest BCUT2D eigenvalue weighted by molar-refractivity contribution is -0.146. The van der Waals surface area contributed by atoms with Gasteiger partial charge in [0, 0.05) is 23.1 Å². The summed E-state index contributed by atoms with van der Waals surface area (Å²) in [6, 6.07) is 17.2. The van der Waals surface area contributed by atoms with E-state index >= 15 is 0 Å². The van der Waals surface area contributed by atoms with Crippen molar-refractivity contribution in [2.75, 3.05) is 12.8 Å². The summed E-state index contributed by atoms with van der Waals surface area (Å²) < 4.78 is 6.66. The number of thioether (sulfide) groups is 1. The van der Waals surface area contributed by atoms with E-state index in [0.29, 0.717) is 18.6 Å². The lowest BCUT2D eigenvalue weighted by Gasteiger charge is -2.34. The number of nitrogens with zero attached hydrogens (tertiary/aromatic N) is 1. The van der Waals surface area contributed by atoms with E-state index in [1.165, 1.54) is 11.1 Å². The zero-order chi connectivity index (χ0) is 30.3. The van der Waals surface area contributed by atoms with Crippen molar-refractivity contribution in [3.05, 3.63) is 65.7 Å². The first-order valence-electron chi connectivity index (χ1n) is 15.0. The molecule has 6 atom stereocenters. The monoisotopic (exact) mass is 594 g/mol. The number of likely N-dealkylation sites (N-methyl/N-ethyl adjacent to an activating group) is 1. The van der Waals surface area contributed by atoms with Crippen LogP contribution >= 0.6 is 11.8 Å². The van der Waals surface area contributed by atoms with Crippen LogP contribution < -0.4 is 16.0 Å². The van der Waals surface area contributed by atoms with E-state index < -0.39 is 17.7 Å². The highest BCUT2D eigenvalue weighted by molar-refractivity contribution is 7.99. The zero-order valence-corrected chi connectivity index (χ0v) is 26.3. The molecule has 1 aliphatic carbocycles. The van der Waals surface area contributed by atoms with E-state index in [4.69, 9.17) is 4.74 Å². The summed E-state index contributed by atoms with van der Waals surface area (Å²) in [4.78, 5) is 41.6. The summed E-state index contributed by atoms with van der Waals surface area (Å²) in [5.74, 6) is 0.430. The molecular weight excluding hydrogens is 548 g/mol. The molecule has 0 saturated carbocycles. The third kappa shape index (κ3) is 7.94. The number of rotatable bonds is 13. The van der Waals surface area contributed by atoms with E-state index in [2.05, 4.69) is 40.2 Å². The molecule has 2 aromatic rings. The predicted octanol–water partition coefficient (Wildman–Crippen LogP) is 4.44. The first kappa shape index (κ1) is 32.0. The first-order valence-corrected chi connectivity index (χ1v) is 16.0. The molecule has 9 heteroatoms. The van der Waals surface area contributed by atoms with Gasteiger partial charge in [-0.05, 0) is 75.3 Å². The summed E-state index contributed by atoms with van der Waals surface area (Å²) in [5, 5.41) is 9.31. The van der Waals surface area contributed by atoms with E-state index in [0.717, 1.165) is 30.6 Å². The van der Waals surface area contributed by atoms with Crippen molar-refractivity contribution >= 4 is 30.0 Å². The minimum Gasteiger partial charge on any atom is -0.354 e. The fraction of sp³-hybridized carbons (Fsp3) is 0.545. The molecule has 1 heterocycles. The second-order valence-corrected chi connectivity index (χ2v) is 13.4.